The second-order valence-electron chi connectivity index (χ2n) is 9.15. The second kappa shape index (κ2) is 8.15. The van der Waals surface area contributed by atoms with E-state index in [1.54, 1.807) is 18.5 Å². The van der Waals surface area contributed by atoms with Gasteiger partial charge in [-0.25, -0.2) is 13.8 Å². The summed E-state index contributed by atoms with van der Waals surface area (Å²) in [6.07, 6.45) is 6.54. The summed E-state index contributed by atoms with van der Waals surface area (Å²) in [6.45, 7) is 4.51. The van der Waals surface area contributed by atoms with Gasteiger partial charge in [0, 0.05) is 52.7 Å². The maximum absolute atomic E-state index is 15.7. The fourth-order valence-corrected chi connectivity index (χ4v) is 5.58. The molecule has 0 fully saturated rings. The van der Waals surface area contributed by atoms with Crippen LogP contribution in [0, 0.1) is 11.6 Å². The highest BCUT2D eigenvalue weighted by Gasteiger charge is 2.34. The third-order valence-electron chi connectivity index (χ3n) is 7.11. The predicted octanol–water partition coefficient (Wildman–Crippen LogP) is 5.81. The lowest BCUT2D eigenvalue weighted by atomic mass is 9.77. The number of halogens is 2. The van der Waals surface area contributed by atoms with E-state index in [1.807, 2.05) is 24.6 Å². The van der Waals surface area contributed by atoms with Gasteiger partial charge < -0.3 is 10.5 Å². The summed E-state index contributed by atoms with van der Waals surface area (Å²) in [5.41, 5.74) is 12.3. The Kier molecular flexibility index (Phi) is 5.05. The Labute approximate surface area is 201 Å². The monoisotopic (exact) mass is 473 g/mol. The van der Waals surface area contributed by atoms with Gasteiger partial charge in [-0.1, -0.05) is 6.07 Å². The molecule has 1 aliphatic carbocycles. The van der Waals surface area contributed by atoms with Crippen LogP contribution in [-0.4, -0.2) is 19.7 Å². The molecule has 8 heteroatoms. The maximum Gasteiger partial charge on any atom is 0.166 e. The van der Waals surface area contributed by atoms with E-state index in [9.17, 15) is 4.39 Å². The smallest absolute Gasteiger partial charge is 0.166 e. The first-order chi connectivity index (χ1) is 17.0. The summed E-state index contributed by atoms with van der Waals surface area (Å²) < 4.78 is 38.3. The van der Waals surface area contributed by atoms with Crippen LogP contribution in [0.1, 0.15) is 61.1 Å². The molecule has 2 N–H and O–H groups in total. The molecule has 1 aliphatic heterocycles. The lowest BCUT2D eigenvalue weighted by Crippen LogP contribution is -2.15. The van der Waals surface area contributed by atoms with Gasteiger partial charge in [0.1, 0.15) is 17.7 Å². The molecule has 0 radical (unpaired) electrons. The number of aromatic nitrogens is 4. The van der Waals surface area contributed by atoms with Gasteiger partial charge in [0.2, 0.25) is 0 Å². The molecule has 0 amide bonds. The summed E-state index contributed by atoms with van der Waals surface area (Å²) in [4.78, 5) is 8.58. The first kappa shape index (κ1) is 21.7. The molecule has 2 atom stereocenters. The number of anilines is 1. The predicted molar refractivity (Wildman–Crippen MR) is 129 cm³/mol. The van der Waals surface area contributed by atoms with Gasteiger partial charge >= 0.3 is 0 Å². The number of fused-ring (bicyclic) bond motifs is 7. The van der Waals surface area contributed by atoms with E-state index < -0.39 is 11.9 Å². The standard InChI is InChI=1S/C27H25F2N5O/c1-3-34-26-15-9-23(27(30)32-11-15)35-14(2)19-10-16(28)7-8-17(19)20-12-31-13-21(29)24(20)18-5-4-6-22(33-34)25(18)26/h7-14,18H,3-6H2,1-2H3,(H2,30,32)/t14-,18?/m1/s1. The Hall–Kier alpha value is -3.81. The Morgan fingerprint density at radius 3 is 2.80 bits per heavy atom. The van der Waals surface area contributed by atoms with Crippen LogP contribution in [0.25, 0.3) is 22.4 Å². The summed E-state index contributed by atoms with van der Waals surface area (Å²) in [5, 5.41) is 4.90. The molecule has 0 saturated carbocycles. The molecule has 2 bridgehead atoms. The quantitative estimate of drug-likeness (QED) is 0.378. The highest BCUT2D eigenvalue weighted by molar-refractivity contribution is 5.75. The average molecular weight is 474 g/mol. The summed E-state index contributed by atoms with van der Waals surface area (Å²) in [6, 6.07) is 6.35. The van der Waals surface area contributed by atoms with Crippen LogP contribution in [-0.2, 0) is 13.0 Å². The minimum Gasteiger partial charge on any atom is -0.482 e. The molecule has 4 aromatic rings. The van der Waals surface area contributed by atoms with Gasteiger partial charge in [-0.3, -0.25) is 9.67 Å². The number of ether oxygens (including phenoxy) is 1. The minimum absolute atomic E-state index is 0.235. The van der Waals surface area contributed by atoms with Crippen LogP contribution in [0.15, 0.2) is 42.9 Å². The van der Waals surface area contributed by atoms with Crippen LogP contribution in [0.4, 0.5) is 14.6 Å². The van der Waals surface area contributed by atoms with Crippen molar-refractivity contribution in [2.75, 3.05) is 5.73 Å². The van der Waals surface area contributed by atoms with Gasteiger partial charge in [-0.2, -0.15) is 5.10 Å². The van der Waals surface area contributed by atoms with E-state index in [2.05, 4.69) is 9.97 Å². The van der Waals surface area contributed by atoms with Gasteiger partial charge in [0.25, 0.3) is 0 Å². The number of benzene rings is 1. The molecule has 1 unspecified atom stereocenters. The Bertz CT molecular complexity index is 1460. The molecule has 4 heterocycles. The van der Waals surface area contributed by atoms with Crippen molar-refractivity contribution in [3.05, 3.63) is 76.9 Å². The number of pyridine rings is 2. The minimum atomic E-state index is -0.576. The lowest BCUT2D eigenvalue weighted by Gasteiger charge is -2.28. The van der Waals surface area contributed by atoms with Gasteiger partial charge in [-0.05, 0) is 56.9 Å². The molecular weight excluding hydrogens is 448 g/mol. The highest BCUT2D eigenvalue weighted by atomic mass is 19.1. The topological polar surface area (TPSA) is 78.9 Å². The molecule has 2 aliphatic rings. The van der Waals surface area contributed by atoms with Crippen molar-refractivity contribution < 1.29 is 13.5 Å². The van der Waals surface area contributed by atoms with Crippen LogP contribution >= 0.6 is 0 Å². The number of nitrogens with zero attached hydrogens (tertiary/aromatic N) is 4. The zero-order valence-electron chi connectivity index (χ0n) is 19.6. The summed E-state index contributed by atoms with van der Waals surface area (Å²) in [7, 11) is 0. The van der Waals surface area contributed by atoms with Crippen molar-refractivity contribution in [1.29, 1.82) is 0 Å². The van der Waals surface area contributed by atoms with Gasteiger partial charge in [-0.15, -0.1) is 0 Å². The second-order valence-corrected chi connectivity index (χ2v) is 9.15. The maximum atomic E-state index is 15.7. The number of hydrogen-bond acceptors (Lipinski definition) is 5. The Morgan fingerprint density at radius 1 is 1.11 bits per heavy atom. The largest absolute Gasteiger partial charge is 0.482 e. The van der Waals surface area contributed by atoms with Crippen molar-refractivity contribution in [1.82, 2.24) is 19.7 Å². The summed E-state index contributed by atoms with van der Waals surface area (Å²) >= 11 is 0. The van der Waals surface area contributed by atoms with E-state index in [-0.39, 0.29) is 17.6 Å². The van der Waals surface area contributed by atoms with Crippen LogP contribution < -0.4 is 10.5 Å². The Balaban J connectivity index is 1.74. The van der Waals surface area contributed by atoms with Crippen molar-refractivity contribution in [3.8, 4) is 28.1 Å². The molecule has 6 rings (SSSR count). The molecule has 35 heavy (non-hydrogen) atoms. The molecule has 0 spiro atoms. The van der Waals surface area contributed by atoms with Crippen LogP contribution in [0.5, 0.6) is 5.75 Å². The van der Waals surface area contributed by atoms with E-state index in [4.69, 9.17) is 15.6 Å². The van der Waals surface area contributed by atoms with E-state index in [1.165, 1.54) is 18.3 Å². The van der Waals surface area contributed by atoms with Crippen LogP contribution in [0.2, 0.25) is 0 Å². The third kappa shape index (κ3) is 3.38. The molecular formula is C27H25F2N5O. The molecule has 3 aromatic heterocycles. The van der Waals surface area contributed by atoms with Crippen molar-refractivity contribution in [3.63, 3.8) is 0 Å². The highest BCUT2D eigenvalue weighted by Crippen LogP contribution is 2.48. The number of rotatable bonds is 1. The van der Waals surface area contributed by atoms with Crippen molar-refractivity contribution in [2.45, 2.75) is 51.7 Å². The number of nitrogen functional groups attached to an aromatic ring is 1. The zero-order chi connectivity index (χ0) is 24.3. The Morgan fingerprint density at radius 2 is 1.97 bits per heavy atom. The fourth-order valence-electron chi connectivity index (χ4n) is 5.58. The number of hydrogen-bond donors (Lipinski definition) is 1. The lowest BCUT2D eigenvalue weighted by molar-refractivity contribution is 0.227. The SMILES string of the molecule is CCn1nc2c3c1-c1cnc(N)c(c1)O[C@H](C)c1cc(F)ccc1-c1cncc(F)c1C3CCC2. The number of aryl methyl sites for hydroxylation is 2. The molecule has 1 aromatic carbocycles. The zero-order valence-corrected chi connectivity index (χ0v) is 19.6. The normalized spacial score (nSPS) is 18.4. The molecule has 178 valence electrons. The first-order valence-corrected chi connectivity index (χ1v) is 11.9. The summed E-state index contributed by atoms with van der Waals surface area (Å²) in [5.74, 6) is -0.359. The van der Waals surface area contributed by atoms with Gasteiger partial charge in [0.05, 0.1) is 17.6 Å². The van der Waals surface area contributed by atoms with Gasteiger partial charge in [0.15, 0.2) is 11.6 Å². The molecule has 6 nitrogen and oxygen atoms in total. The van der Waals surface area contributed by atoms with Crippen molar-refractivity contribution in [2.24, 2.45) is 0 Å². The van der Waals surface area contributed by atoms with E-state index >= 15 is 4.39 Å². The molecule has 0 saturated heterocycles. The van der Waals surface area contributed by atoms with Crippen LogP contribution in [0.3, 0.4) is 0 Å². The van der Waals surface area contributed by atoms with Crippen molar-refractivity contribution >= 4 is 5.82 Å². The fraction of sp³-hybridized carbons (Fsp3) is 0.296. The third-order valence-corrected chi connectivity index (χ3v) is 7.11. The average Bonchev–Trinajstić information content (AvgIpc) is 3.24. The van der Waals surface area contributed by atoms with E-state index in [0.29, 0.717) is 34.5 Å². The van der Waals surface area contributed by atoms with E-state index in [0.717, 1.165) is 41.8 Å². The number of nitrogens with two attached hydrogens (primary N) is 1. The first-order valence-electron chi connectivity index (χ1n) is 11.9.